The van der Waals surface area contributed by atoms with Gasteiger partial charge in [0.05, 0.1) is 6.04 Å². The lowest BCUT2D eigenvalue weighted by Crippen LogP contribution is -2.34. The lowest BCUT2D eigenvalue weighted by molar-refractivity contribution is -0.130. The summed E-state index contributed by atoms with van der Waals surface area (Å²) in [7, 11) is 0. The largest absolute Gasteiger partial charge is 0.320 e. The van der Waals surface area contributed by atoms with Crippen LogP contribution < -0.4 is 5.32 Å². The Morgan fingerprint density at radius 2 is 2.11 bits per heavy atom. The minimum absolute atomic E-state index is 0.0474. The molecule has 0 spiro atoms. The number of thiophene rings is 1. The van der Waals surface area contributed by atoms with Crippen LogP contribution >= 0.6 is 11.3 Å². The number of nitrogens with one attached hydrogen (secondary N) is 1. The number of hydrogen-bond acceptors (Lipinski definition) is 3. The van der Waals surface area contributed by atoms with Crippen LogP contribution in [0.4, 0.5) is 0 Å². The summed E-state index contributed by atoms with van der Waals surface area (Å²) in [5.74, 6) is 0.975. The standard InChI is InChI=1S/C15H22N2OS/c1-10-7-8-13(19-10)14-16-11(2)15(18)17(14)9-12-5-3-4-6-12/h7-8,11-12,14,16H,3-6,9H2,1-2H3. The lowest BCUT2D eigenvalue weighted by Gasteiger charge is -2.26. The van der Waals surface area contributed by atoms with E-state index in [1.807, 2.05) is 6.92 Å². The van der Waals surface area contributed by atoms with Gasteiger partial charge in [-0.2, -0.15) is 0 Å². The van der Waals surface area contributed by atoms with Gasteiger partial charge in [-0.05, 0) is 44.7 Å². The predicted molar refractivity (Wildman–Crippen MR) is 78.1 cm³/mol. The summed E-state index contributed by atoms with van der Waals surface area (Å²) in [6, 6.07) is 4.25. The van der Waals surface area contributed by atoms with Crippen molar-refractivity contribution in [3.8, 4) is 0 Å². The zero-order valence-electron chi connectivity index (χ0n) is 11.7. The van der Waals surface area contributed by atoms with Crippen molar-refractivity contribution in [3.63, 3.8) is 0 Å². The summed E-state index contributed by atoms with van der Waals surface area (Å²) in [6.07, 6.45) is 5.33. The van der Waals surface area contributed by atoms with Gasteiger partial charge < -0.3 is 4.90 Å². The van der Waals surface area contributed by atoms with Crippen LogP contribution in [-0.4, -0.2) is 23.4 Å². The zero-order chi connectivity index (χ0) is 13.4. The molecule has 1 amide bonds. The van der Waals surface area contributed by atoms with Crippen LogP contribution in [0.5, 0.6) is 0 Å². The highest BCUT2D eigenvalue weighted by molar-refractivity contribution is 7.12. The van der Waals surface area contributed by atoms with E-state index in [1.165, 1.54) is 35.4 Å². The van der Waals surface area contributed by atoms with Crippen LogP contribution in [-0.2, 0) is 4.79 Å². The number of carbonyl (C=O) groups excluding carboxylic acids is 1. The number of amides is 1. The maximum absolute atomic E-state index is 12.4. The Morgan fingerprint density at radius 3 is 2.74 bits per heavy atom. The SMILES string of the molecule is Cc1ccc(C2NC(C)C(=O)N2CC2CCCC2)s1. The maximum Gasteiger partial charge on any atom is 0.241 e. The van der Waals surface area contributed by atoms with Crippen molar-refractivity contribution in [1.29, 1.82) is 0 Å². The Bertz CT molecular complexity index is 464. The second kappa shape index (κ2) is 5.25. The molecule has 19 heavy (non-hydrogen) atoms. The van der Waals surface area contributed by atoms with Gasteiger partial charge in [-0.1, -0.05) is 12.8 Å². The topological polar surface area (TPSA) is 32.3 Å². The van der Waals surface area contributed by atoms with E-state index < -0.39 is 0 Å². The van der Waals surface area contributed by atoms with Crippen LogP contribution in [0.3, 0.4) is 0 Å². The number of aryl methyl sites for hydroxylation is 1. The summed E-state index contributed by atoms with van der Waals surface area (Å²) in [5, 5.41) is 3.44. The van der Waals surface area contributed by atoms with Crippen molar-refractivity contribution in [2.24, 2.45) is 5.92 Å². The van der Waals surface area contributed by atoms with Crippen molar-refractivity contribution in [2.45, 2.75) is 51.7 Å². The molecular weight excluding hydrogens is 256 g/mol. The Hall–Kier alpha value is -0.870. The third-order valence-electron chi connectivity index (χ3n) is 4.33. The molecule has 0 bridgehead atoms. The van der Waals surface area contributed by atoms with E-state index in [1.54, 1.807) is 11.3 Å². The first-order valence-corrected chi connectivity index (χ1v) is 8.09. The zero-order valence-corrected chi connectivity index (χ0v) is 12.5. The second-order valence-corrected chi connectivity index (χ2v) is 7.20. The summed E-state index contributed by atoms with van der Waals surface area (Å²) in [6.45, 7) is 5.03. The maximum atomic E-state index is 12.4. The Balaban J connectivity index is 1.78. The first kappa shape index (κ1) is 13.1. The molecule has 1 aliphatic carbocycles. The fraction of sp³-hybridized carbons (Fsp3) is 0.667. The molecule has 104 valence electrons. The number of rotatable bonds is 3. The fourth-order valence-electron chi connectivity index (χ4n) is 3.28. The molecule has 1 saturated carbocycles. The molecule has 2 fully saturated rings. The summed E-state index contributed by atoms with van der Waals surface area (Å²) >= 11 is 1.79. The normalized spacial score (nSPS) is 28.5. The van der Waals surface area contributed by atoms with Crippen molar-refractivity contribution in [3.05, 3.63) is 21.9 Å². The van der Waals surface area contributed by atoms with Gasteiger partial charge in [0.15, 0.2) is 0 Å². The van der Waals surface area contributed by atoms with E-state index in [4.69, 9.17) is 0 Å². The monoisotopic (exact) mass is 278 g/mol. The molecule has 2 aliphatic rings. The number of hydrogen-bond donors (Lipinski definition) is 1. The molecule has 1 saturated heterocycles. The van der Waals surface area contributed by atoms with Gasteiger partial charge in [0.25, 0.3) is 0 Å². The third kappa shape index (κ3) is 2.56. The van der Waals surface area contributed by atoms with Gasteiger partial charge >= 0.3 is 0 Å². The van der Waals surface area contributed by atoms with Gasteiger partial charge in [0, 0.05) is 16.3 Å². The second-order valence-electron chi connectivity index (χ2n) is 5.88. The predicted octanol–water partition coefficient (Wildman–Crippen LogP) is 3.07. The average molecular weight is 278 g/mol. The Labute approximate surface area is 119 Å². The molecular formula is C15H22N2OS. The van der Waals surface area contributed by atoms with Crippen molar-refractivity contribution in [2.75, 3.05) is 6.54 Å². The minimum Gasteiger partial charge on any atom is -0.320 e. The van der Waals surface area contributed by atoms with Crippen LogP contribution in [0.15, 0.2) is 12.1 Å². The smallest absolute Gasteiger partial charge is 0.241 e. The first-order chi connectivity index (χ1) is 9.15. The van der Waals surface area contributed by atoms with Crippen molar-refractivity contribution >= 4 is 17.2 Å². The van der Waals surface area contributed by atoms with Gasteiger partial charge in [-0.15, -0.1) is 11.3 Å². The highest BCUT2D eigenvalue weighted by Gasteiger charge is 2.38. The number of nitrogens with zero attached hydrogens (tertiary/aromatic N) is 1. The van der Waals surface area contributed by atoms with Gasteiger partial charge in [0.1, 0.15) is 6.17 Å². The molecule has 3 rings (SSSR count). The molecule has 1 aliphatic heterocycles. The molecule has 2 unspecified atom stereocenters. The van der Waals surface area contributed by atoms with E-state index in [0.717, 1.165) is 6.54 Å². The number of carbonyl (C=O) groups is 1. The first-order valence-electron chi connectivity index (χ1n) is 7.28. The molecule has 1 N–H and O–H groups in total. The average Bonchev–Trinajstić information content (AvgIpc) is 3.08. The highest BCUT2D eigenvalue weighted by Crippen LogP contribution is 2.33. The highest BCUT2D eigenvalue weighted by atomic mass is 32.1. The van der Waals surface area contributed by atoms with Gasteiger partial charge in [-0.25, -0.2) is 0 Å². The molecule has 0 aromatic carbocycles. The van der Waals surface area contributed by atoms with Crippen molar-refractivity contribution < 1.29 is 4.79 Å². The quantitative estimate of drug-likeness (QED) is 0.921. The van der Waals surface area contributed by atoms with Crippen LogP contribution in [0.25, 0.3) is 0 Å². The fourth-order valence-corrected chi connectivity index (χ4v) is 4.23. The molecule has 1 aromatic heterocycles. The molecule has 3 nitrogen and oxygen atoms in total. The molecule has 2 atom stereocenters. The van der Waals surface area contributed by atoms with E-state index >= 15 is 0 Å². The van der Waals surface area contributed by atoms with Crippen LogP contribution in [0, 0.1) is 12.8 Å². The molecule has 0 radical (unpaired) electrons. The van der Waals surface area contributed by atoms with E-state index in [0.29, 0.717) is 5.92 Å². The summed E-state index contributed by atoms with van der Waals surface area (Å²) in [4.78, 5) is 17.0. The summed E-state index contributed by atoms with van der Waals surface area (Å²) < 4.78 is 0. The minimum atomic E-state index is -0.0474. The van der Waals surface area contributed by atoms with Gasteiger partial charge in [-0.3, -0.25) is 10.1 Å². The van der Waals surface area contributed by atoms with E-state index in [9.17, 15) is 4.79 Å². The summed E-state index contributed by atoms with van der Waals surface area (Å²) in [5.41, 5.74) is 0. The Kier molecular flexibility index (Phi) is 3.63. The van der Waals surface area contributed by atoms with E-state index in [-0.39, 0.29) is 18.1 Å². The molecule has 4 heteroatoms. The molecule has 1 aromatic rings. The third-order valence-corrected chi connectivity index (χ3v) is 5.39. The van der Waals surface area contributed by atoms with Crippen LogP contribution in [0.2, 0.25) is 0 Å². The molecule has 2 heterocycles. The van der Waals surface area contributed by atoms with Crippen molar-refractivity contribution in [1.82, 2.24) is 10.2 Å². The van der Waals surface area contributed by atoms with Gasteiger partial charge in [0.2, 0.25) is 5.91 Å². The lowest BCUT2D eigenvalue weighted by atomic mass is 10.1. The van der Waals surface area contributed by atoms with Crippen LogP contribution in [0.1, 0.15) is 48.5 Å². The van der Waals surface area contributed by atoms with E-state index in [2.05, 4.69) is 29.3 Å². The Morgan fingerprint density at radius 1 is 1.37 bits per heavy atom.